The first-order chi connectivity index (χ1) is 9.47. The van der Waals surface area contributed by atoms with Crippen LogP contribution in [0.2, 0.25) is 0 Å². The topological polar surface area (TPSA) is 70.4 Å². The zero-order valence-corrected chi connectivity index (χ0v) is 13.1. The van der Waals surface area contributed by atoms with Gasteiger partial charge in [0.25, 0.3) is 0 Å². The number of carbonyl (C=O) groups is 2. The first-order valence-corrected chi connectivity index (χ1v) is 7.29. The molecule has 0 N–H and O–H groups in total. The molecule has 0 spiro atoms. The van der Waals surface area contributed by atoms with Crippen LogP contribution in [-0.4, -0.2) is 37.0 Å². The average Bonchev–Trinajstić information content (AvgIpc) is 2.43. The second-order valence-corrected chi connectivity index (χ2v) is 4.98. The molecular formula is C15H26N2O3. The van der Waals surface area contributed by atoms with Crippen LogP contribution in [0.1, 0.15) is 52.9 Å². The molecule has 0 aliphatic carbocycles. The minimum absolute atomic E-state index is 0.163. The quantitative estimate of drug-likeness (QED) is 0.609. The van der Waals surface area contributed by atoms with Crippen molar-refractivity contribution < 1.29 is 14.3 Å². The van der Waals surface area contributed by atoms with Crippen LogP contribution in [-0.2, 0) is 14.3 Å². The summed E-state index contributed by atoms with van der Waals surface area (Å²) in [4.78, 5) is 25.3. The number of ether oxygens (including phenoxy) is 1. The van der Waals surface area contributed by atoms with Gasteiger partial charge < -0.3 is 9.64 Å². The molecule has 0 bridgehead atoms. The molecular weight excluding hydrogens is 256 g/mol. The molecule has 0 atom stereocenters. The van der Waals surface area contributed by atoms with E-state index < -0.39 is 5.41 Å². The number of carbonyl (C=O) groups excluding carboxylic acids is 2. The number of rotatable bonds is 9. The first kappa shape index (κ1) is 18.4. The van der Waals surface area contributed by atoms with Gasteiger partial charge in [0.1, 0.15) is 5.41 Å². The van der Waals surface area contributed by atoms with E-state index in [0.29, 0.717) is 19.4 Å². The molecule has 0 unspecified atom stereocenters. The van der Waals surface area contributed by atoms with Crippen LogP contribution in [0, 0.1) is 16.7 Å². The van der Waals surface area contributed by atoms with Crippen molar-refractivity contribution in [3.05, 3.63) is 0 Å². The normalized spacial score (nSPS) is 10.8. The highest BCUT2D eigenvalue weighted by Gasteiger charge is 2.38. The largest absolute Gasteiger partial charge is 0.466 e. The van der Waals surface area contributed by atoms with E-state index in [1.54, 1.807) is 14.0 Å². The van der Waals surface area contributed by atoms with Crippen molar-refractivity contribution in [2.24, 2.45) is 5.41 Å². The van der Waals surface area contributed by atoms with E-state index in [1.165, 1.54) is 4.90 Å². The van der Waals surface area contributed by atoms with Gasteiger partial charge in [-0.25, -0.2) is 0 Å². The molecule has 0 aromatic rings. The minimum atomic E-state index is -0.951. The number of hydrogen-bond acceptors (Lipinski definition) is 4. The van der Waals surface area contributed by atoms with Crippen LogP contribution in [0.3, 0.4) is 0 Å². The summed E-state index contributed by atoms with van der Waals surface area (Å²) in [6.45, 7) is 6.30. The maximum absolute atomic E-state index is 12.5. The van der Waals surface area contributed by atoms with Crippen molar-refractivity contribution >= 4 is 11.9 Å². The number of esters is 1. The standard InChI is InChI=1S/C15H26N2O3/c1-5-9-15(12-16,10-6-2)14(19)17(4)11-8-13(18)20-7-3/h5-11H2,1-4H3. The van der Waals surface area contributed by atoms with E-state index in [1.807, 2.05) is 13.8 Å². The Balaban J connectivity index is 4.72. The summed E-state index contributed by atoms with van der Waals surface area (Å²) < 4.78 is 4.84. The van der Waals surface area contributed by atoms with Crippen LogP contribution in [0.5, 0.6) is 0 Å². The SMILES string of the molecule is CCCC(C#N)(CCC)C(=O)N(C)CCC(=O)OCC. The zero-order valence-electron chi connectivity index (χ0n) is 13.1. The van der Waals surface area contributed by atoms with Crippen molar-refractivity contribution in [3.63, 3.8) is 0 Å². The fourth-order valence-corrected chi connectivity index (χ4v) is 2.31. The van der Waals surface area contributed by atoms with Gasteiger partial charge in [-0.15, -0.1) is 0 Å². The molecule has 1 amide bonds. The lowest BCUT2D eigenvalue weighted by molar-refractivity contribution is -0.145. The van der Waals surface area contributed by atoms with Gasteiger partial charge in [-0.3, -0.25) is 9.59 Å². The summed E-state index contributed by atoms with van der Waals surface area (Å²) in [6, 6.07) is 2.20. The van der Waals surface area contributed by atoms with E-state index in [9.17, 15) is 14.9 Å². The maximum Gasteiger partial charge on any atom is 0.307 e. The van der Waals surface area contributed by atoms with Gasteiger partial charge in [0.15, 0.2) is 0 Å². The molecule has 0 saturated heterocycles. The molecule has 114 valence electrons. The lowest BCUT2D eigenvalue weighted by atomic mass is 9.79. The Bertz CT molecular complexity index is 355. The molecule has 20 heavy (non-hydrogen) atoms. The van der Waals surface area contributed by atoms with Crippen LogP contribution in [0.4, 0.5) is 0 Å². The second kappa shape index (κ2) is 9.35. The van der Waals surface area contributed by atoms with Crippen LogP contribution < -0.4 is 0 Å². The monoisotopic (exact) mass is 282 g/mol. The summed E-state index contributed by atoms with van der Waals surface area (Å²) in [5.41, 5.74) is -0.951. The predicted molar refractivity (Wildman–Crippen MR) is 76.7 cm³/mol. The van der Waals surface area contributed by atoms with Gasteiger partial charge >= 0.3 is 5.97 Å². The lowest BCUT2D eigenvalue weighted by Crippen LogP contribution is -2.42. The third-order valence-electron chi connectivity index (χ3n) is 3.28. The molecule has 0 heterocycles. The fourth-order valence-electron chi connectivity index (χ4n) is 2.31. The highest BCUT2D eigenvalue weighted by atomic mass is 16.5. The van der Waals surface area contributed by atoms with Gasteiger partial charge in [0.2, 0.25) is 5.91 Å². The van der Waals surface area contributed by atoms with Gasteiger partial charge in [0.05, 0.1) is 19.1 Å². The van der Waals surface area contributed by atoms with Crippen molar-refractivity contribution in [3.8, 4) is 6.07 Å². The van der Waals surface area contributed by atoms with E-state index in [2.05, 4.69) is 6.07 Å². The van der Waals surface area contributed by atoms with Crippen molar-refractivity contribution in [1.82, 2.24) is 4.90 Å². The first-order valence-electron chi connectivity index (χ1n) is 7.29. The van der Waals surface area contributed by atoms with Gasteiger partial charge in [-0.2, -0.15) is 5.26 Å². The number of nitrogens with zero attached hydrogens (tertiary/aromatic N) is 2. The maximum atomic E-state index is 12.5. The molecule has 0 aromatic carbocycles. The molecule has 0 aromatic heterocycles. The Hall–Kier alpha value is -1.57. The molecule has 5 heteroatoms. The van der Waals surface area contributed by atoms with Gasteiger partial charge in [-0.1, -0.05) is 26.7 Å². The Morgan fingerprint density at radius 3 is 2.15 bits per heavy atom. The summed E-state index contributed by atoms with van der Waals surface area (Å²) in [5.74, 6) is -0.506. The third kappa shape index (κ3) is 5.20. The van der Waals surface area contributed by atoms with Gasteiger partial charge in [0, 0.05) is 13.6 Å². The van der Waals surface area contributed by atoms with Crippen molar-refractivity contribution in [2.45, 2.75) is 52.9 Å². The molecule has 0 radical (unpaired) electrons. The van der Waals surface area contributed by atoms with Gasteiger partial charge in [-0.05, 0) is 19.8 Å². The molecule has 0 rings (SSSR count). The summed E-state index contributed by atoms with van der Waals surface area (Å²) in [7, 11) is 1.64. The molecule has 0 aliphatic rings. The minimum Gasteiger partial charge on any atom is -0.466 e. The summed E-state index contributed by atoms with van der Waals surface area (Å²) in [5, 5.41) is 9.43. The fraction of sp³-hybridized carbons (Fsp3) is 0.800. The van der Waals surface area contributed by atoms with Crippen LogP contribution in [0.15, 0.2) is 0 Å². The highest BCUT2D eigenvalue weighted by molar-refractivity contribution is 5.85. The smallest absolute Gasteiger partial charge is 0.307 e. The predicted octanol–water partition coefficient (Wildman–Crippen LogP) is 2.51. The zero-order chi connectivity index (χ0) is 15.6. The number of amides is 1. The van der Waals surface area contributed by atoms with E-state index in [0.717, 1.165) is 12.8 Å². The average molecular weight is 282 g/mol. The van der Waals surface area contributed by atoms with E-state index in [4.69, 9.17) is 4.74 Å². The Morgan fingerprint density at radius 2 is 1.75 bits per heavy atom. The van der Waals surface area contributed by atoms with Crippen molar-refractivity contribution in [2.75, 3.05) is 20.2 Å². The lowest BCUT2D eigenvalue weighted by Gasteiger charge is -2.29. The second-order valence-electron chi connectivity index (χ2n) is 4.98. The molecule has 0 fully saturated rings. The Morgan fingerprint density at radius 1 is 1.20 bits per heavy atom. The number of hydrogen-bond donors (Lipinski definition) is 0. The molecule has 0 aliphatic heterocycles. The summed E-state index contributed by atoms with van der Waals surface area (Å²) in [6.07, 6.45) is 2.84. The third-order valence-corrected chi connectivity index (χ3v) is 3.28. The number of nitriles is 1. The van der Waals surface area contributed by atoms with E-state index in [-0.39, 0.29) is 24.8 Å². The molecule has 5 nitrogen and oxygen atoms in total. The van der Waals surface area contributed by atoms with Crippen LogP contribution >= 0.6 is 0 Å². The van der Waals surface area contributed by atoms with Crippen molar-refractivity contribution in [1.29, 1.82) is 5.26 Å². The summed E-state index contributed by atoms with van der Waals surface area (Å²) >= 11 is 0. The Kier molecular flexibility index (Phi) is 8.62. The molecule has 0 saturated carbocycles. The highest BCUT2D eigenvalue weighted by Crippen LogP contribution is 2.31. The van der Waals surface area contributed by atoms with Crippen LogP contribution in [0.25, 0.3) is 0 Å². The Labute approximate surface area is 121 Å². The van der Waals surface area contributed by atoms with E-state index >= 15 is 0 Å².